The predicted octanol–water partition coefficient (Wildman–Crippen LogP) is 3.32. The van der Waals surface area contributed by atoms with Gasteiger partial charge in [-0.1, -0.05) is 0 Å². The van der Waals surface area contributed by atoms with Gasteiger partial charge in [0.1, 0.15) is 0 Å². The summed E-state index contributed by atoms with van der Waals surface area (Å²) in [5, 5.41) is 0. The maximum absolute atomic E-state index is 4.69. The molecule has 0 aliphatic heterocycles. The van der Waals surface area contributed by atoms with Crippen LogP contribution in [0.5, 0.6) is 0 Å². The zero-order chi connectivity index (χ0) is 11.5. The molecule has 2 heteroatoms. The van der Waals surface area contributed by atoms with Crippen LogP contribution in [0, 0.1) is 0 Å². The smallest absolute Gasteiger partial charge is 0.0968 e. The average Bonchev–Trinajstić information content (AvgIpc) is 1.78. The van der Waals surface area contributed by atoms with Crippen LogP contribution in [0.4, 0.5) is 0 Å². The first-order valence-corrected chi connectivity index (χ1v) is 5.50. The Morgan fingerprint density at radius 3 is 1.57 bits per heavy atom. The van der Waals surface area contributed by atoms with Crippen molar-refractivity contribution >= 4 is 5.84 Å². The number of amidine groups is 1. The van der Waals surface area contributed by atoms with Crippen LogP contribution in [0.2, 0.25) is 0 Å². The molecule has 0 atom stereocenters. The highest BCUT2D eigenvalue weighted by molar-refractivity contribution is 5.80. The lowest BCUT2D eigenvalue weighted by molar-refractivity contribution is 0.287. The fourth-order valence-electron chi connectivity index (χ4n) is 1.89. The van der Waals surface area contributed by atoms with E-state index in [2.05, 4.69) is 60.3 Å². The summed E-state index contributed by atoms with van der Waals surface area (Å²) in [6, 6.07) is 1.03. The Labute approximate surface area is 89.4 Å². The first kappa shape index (κ1) is 13.5. The lowest BCUT2D eigenvalue weighted by atomic mass is 10.1. The van der Waals surface area contributed by atoms with Gasteiger partial charge in [0.2, 0.25) is 0 Å². The second-order valence-electron chi connectivity index (χ2n) is 5.42. The largest absolute Gasteiger partial charge is 0.356 e. The van der Waals surface area contributed by atoms with E-state index in [9.17, 15) is 0 Å². The number of hydrogen-bond acceptors (Lipinski definition) is 1. The molecule has 0 heterocycles. The highest BCUT2D eigenvalue weighted by Gasteiger charge is 2.17. The fraction of sp³-hybridized carbons (Fsp3) is 0.917. The molecule has 0 aromatic heterocycles. The first-order chi connectivity index (χ1) is 6.15. The molecule has 0 N–H and O–H groups in total. The van der Waals surface area contributed by atoms with Gasteiger partial charge < -0.3 is 4.90 Å². The summed E-state index contributed by atoms with van der Waals surface area (Å²) in [6.45, 7) is 17.3. The molecular formula is C12H26N2. The van der Waals surface area contributed by atoms with Gasteiger partial charge in [-0.2, -0.15) is 0 Å². The topological polar surface area (TPSA) is 15.6 Å². The molecule has 0 saturated heterocycles. The summed E-state index contributed by atoms with van der Waals surface area (Å²) in [6.07, 6.45) is 0. The van der Waals surface area contributed by atoms with E-state index in [0.29, 0.717) is 12.1 Å². The molecule has 0 aliphatic carbocycles. The van der Waals surface area contributed by atoms with Gasteiger partial charge in [-0.3, -0.25) is 4.99 Å². The molecule has 0 aromatic rings. The Hall–Kier alpha value is -0.530. The standard InChI is InChI=1S/C12H26N2/c1-9(2)14(10(3)4)11(5)13-12(6,7)8/h9-10H,1-8H3. The molecule has 84 valence electrons. The normalized spacial score (nSPS) is 14.0. The predicted molar refractivity (Wildman–Crippen MR) is 65.0 cm³/mol. The van der Waals surface area contributed by atoms with E-state index in [1.54, 1.807) is 0 Å². The molecule has 0 saturated carbocycles. The summed E-state index contributed by atoms with van der Waals surface area (Å²) in [5.74, 6) is 1.14. The van der Waals surface area contributed by atoms with Gasteiger partial charge in [-0.25, -0.2) is 0 Å². The molecule has 2 nitrogen and oxygen atoms in total. The summed E-state index contributed by atoms with van der Waals surface area (Å²) < 4.78 is 0. The molecule has 0 fully saturated rings. The van der Waals surface area contributed by atoms with Gasteiger partial charge in [0.15, 0.2) is 0 Å². The zero-order valence-corrected chi connectivity index (χ0v) is 11.0. The van der Waals surface area contributed by atoms with Crippen LogP contribution in [-0.2, 0) is 0 Å². The molecular weight excluding hydrogens is 172 g/mol. The van der Waals surface area contributed by atoms with Crippen molar-refractivity contribution < 1.29 is 0 Å². The van der Waals surface area contributed by atoms with Crippen LogP contribution in [0.1, 0.15) is 55.4 Å². The lowest BCUT2D eigenvalue weighted by Crippen LogP contribution is -2.41. The Balaban J connectivity index is 4.77. The summed E-state index contributed by atoms with van der Waals surface area (Å²) in [7, 11) is 0. The molecule has 0 amide bonds. The molecule has 14 heavy (non-hydrogen) atoms. The van der Waals surface area contributed by atoms with Gasteiger partial charge in [-0.05, 0) is 55.4 Å². The molecule has 0 bridgehead atoms. The number of hydrogen-bond donors (Lipinski definition) is 0. The third-order valence-corrected chi connectivity index (χ3v) is 1.98. The molecule has 0 unspecified atom stereocenters. The van der Waals surface area contributed by atoms with Crippen molar-refractivity contribution in [2.24, 2.45) is 4.99 Å². The highest BCUT2D eigenvalue weighted by Crippen LogP contribution is 2.12. The Morgan fingerprint density at radius 2 is 1.36 bits per heavy atom. The SMILES string of the molecule is CC(=NC(C)(C)C)N(C(C)C)C(C)C. The summed E-state index contributed by atoms with van der Waals surface area (Å²) >= 11 is 0. The van der Waals surface area contributed by atoms with Crippen LogP contribution >= 0.6 is 0 Å². The highest BCUT2D eigenvalue weighted by atomic mass is 15.2. The van der Waals surface area contributed by atoms with Gasteiger partial charge in [0.05, 0.1) is 11.4 Å². The Bertz CT molecular complexity index is 189. The van der Waals surface area contributed by atoms with E-state index in [0.717, 1.165) is 5.84 Å². The maximum Gasteiger partial charge on any atom is 0.0968 e. The van der Waals surface area contributed by atoms with Gasteiger partial charge in [-0.15, -0.1) is 0 Å². The maximum atomic E-state index is 4.69. The Kier molecular flexibility index (Phi) is 4.63. The minimum absolute atomic E-state index is 0.0200. The molecule has 0 spiro atoms. The minimum atomic E-state index is 0.0200. The first-order valence-electron chi connectivity index (χ1n) is 5.50. The average molecular weight is 198 g/mol. The van der Waals surface area contributed by atoms with Gasteiger partial charge in [0, 0.05) is 12.1 Å². The van der Waals surface area contributed by atoms with Crippen molar-refractivity contribution in [2.75, 3.05) is 0 Å². The van der Waals surface area contributed by atoms with Crippen molar-refractivity contribution in [1.29, 1.82) is 0 Å². The van der Waals surface area contributed by atoms with E-state index in [4.69, 9.17) is 4.99 Å². The molecule has 0 aromatic carbocycles. The molecule has 0 rings (SSSR count). The quantitative estimate of drug-likeness (QED) is 0.491. The van der Waals surface area contributed by atoms with Crippen LogP contribution in [-0.4, -0.2) is 28.4 Å². The van der Waals surface area contributed by atoms with Crippen LogP contribution in [0.15, 0.2) is 4.99 Å². The van der Waals surface area contributed by atoms with Crippen molar-refractivity contribution in [3.05, 3.63) is 0 Å². The second-order valence-corrected chi connectivity index (χ2v) is 5.42. The third-order valence-electron chi connectivity index (χ3n) is 1.98. The van der Waals surface area contributed by atoms with Gasteiger partial charge in [0.25, 0.3) is 0 Å². The van der Waals surface area contributed by atoms with E-state index < -0.39 is 0 Å². The van der Waals surface area contributed by atoms with Crippen molar-refractivity contribution in [3.63, 3.8) is 0 Å². The number of aliphatic imine (C=N–C) groups is 1. The van der Waals surface area contributed by atoms with Crippen molar-refractivity contribution in [3.8, 4) is 0 Å². The van der Waals surface area contributed by atoms with Crippen LogP contribution < -0.4 is 0 Å². The third kappa shape index (κ3) is 4.64. The van der Waals surface area contributed by atoms with E-state index in [-0.39, 0.29) is 5.54 Å². The van der Waals surface area contributed by atoms with E-state index >= 15 is 0 Å². The number of nitrogens with zero attached hydrogens (tertiary/aromatic N) is 2. The summed E-state index contributed by atoms with van der Waals surface area (Å²) in [4.78, 5) is 7.05. The van der Waals surface area contributed by atoms with Crippen LogP contribution in [0.3, 0.4) is 0 Å². The molecule has 0 radical (unpaired) electrons. The fourth-order valence-corrected chi connectivity index (χ4v) is 1.89. The Morgan fingerprint density at radius 1 is 1.00 bits per heavy atom. The van der Waals surface area contributed by atoms with Crippen LogP contribution in [0.25, 0.3) is 0 Å². The monoisotopic (exact) mass is 198 g/mol. The van der Waals surface area contributed by atoms with E-state index in [1.165, 1.54) is 0 Å². The number of rotatable bonds is 2. The van der Waals surface area contributed by atoms with Crippen molar-refractivity contribution in [1.82, 2.24) is 4.90 Å². The second kappa shape index (κ2) is 4.81. The summed E-state index contributed by atoms with van der Waals surface area (Å²) in [5.41, 5.74) is 0.0200. The minimum Gasteiger partial charge on any atom is -0.356 e. The molecule has 0 aliphatic rings. The zero-order valence-electron chi connectivity index (χ0n) is 11.0. The van der Waals surface area contributed by atoms with Crippen molar-refractivity contribution in [2.45, 2.75) is 73.0 Å². The lowest BCUT2D eigenvalue weighted by Gasteiger charge is -2.34. The van der Waals surface area contributed by atoms with E-state index in [1.807, 2.05) is 0 Å². The van der Waals surface area contributed by atoms with Gasteiger partial charge >= 0.3 is 0 Å².